The molecule has 0 bridgehead atoms. The Morgan fingerprint density at radius 1 is 1.05 bits per heavy atom. The van der Waals surface area contributed by atoms with Crippen molar-refractivity contribution in [2.24, 2.45) is 7.05 Å². The fourth-order valence-corrected chi connectivity index (χ4v) is 7.17. The first-order valence-corrected chi connectivity index (χ1v) is 15.0. The summed E-state index contributed by atoms with van der Waals surface area (Å²) in [4.78, 5) is 32.2. The zero-order valence-corrected chi connectivity index (χ0v) is 23.6. The fourth-order valence-electron chi connectivity index (χ4n) is 4.62. The number of fused-ring (bicyclic) bond motifs is 1. The van der Waals surface area contributed by atoms with E-state index in [2.05, 4.69) is 29.4 Å². The van der Waals surface area contributed by atoms with E-state index in [-0.39, 0.29) is 33.3 Å². The first-order valence-electron chi connectivity index (χ1n) is 12.4. The first-order chi connectivity index (χ1) is 17.9. The summed E-state index contributed by atoms with van der Waals surface area (Å²) in [5.74, 6) is -0.108. The summed E-state index contributed by atoms with van der Waals surface area (Å²) in [6.45, 7) is 1.97. The SMILES string of the molecule is CN1CCC(NC(=O)c2cc([As]Cc3cccc(Cl)c3)c3cc(-c4ccc(=O)n(C)c4)ccc3n2)CC1. The van der Waals surface area contributed by atoms with Crippen LogP contribution in [-0.4, -0.2) is 62.3 Å². The Morgan fingerprint density at radius 3 is 2.59 bits per heavy atom. The molecular formula is C29H29AsClN4O2. The number of carbonyl (C=O) groups excluding carboxylic acids is 1. The molecule has 3 heterocycles. The van der Waals surface area contributed by atoms with Gasteiger partial charge in [0.1, 0.15) is 0 Å². The molecule has 8 heteroatoms. The van der Waals surface area contributed by atoms with E-state index in [4.69, 9.17) is 16.6 Å². The molecule has 0 saturated carbocycles. The maximum atomic E-state index is 13.2. The Balaban J connectivity index is 1.50. The Kier molecular flexibility index (Phi) is 7.80. The molecule has 0 atom stereocenters. The zero-order chi connectivity index (χ0) is 25.9. The summed E-state index contributed by atoms with van der Waals surface area (Å²) >= 11 is 5.93. The number of rotatable bonds is 6. The van der Waals surface area contributed by atoms with Crippen molar-refractivity contribution in [1.82, 2.24) is 19.8 Å². The molecule has 4 aromatic rings. The van der Waals surface area contributed by atoms with Crippen LogP contribution in [0.2, 0.25) is 5.02 Å². The van der Waals surface area contributed by atoms with Gasteiger partial charge in [0.25, 0.3) is 0 Å². The molecule has 2 aromatic heterocycles. The molecule has 189 valence electrons. The van der Waals surface area contributed by atoms with Gasteiger partial charge in [-0.3, -0.25) is 0 Å². The monoisotopic (exact) mass is 575 g/mol. The van der Waals surface area contributed by atoms with Crippen LogP contribution in [0.3, 0.4) is 0 Å². The average Bonchev–Trinajstić information content (AvgIpc) is 2.89. The Hall–Kier alpha value is -2.92. The van der Waals surface area contributed by atoms with Gasteiger partial charge in [0.05, 0.1) is 0 Å². The van der Waals surface area contributed by atoms with Gasteiger partial charge < -0.3 is 0 Å². The number of nitrogens with zero attached hydrogens (tertiary/aromatic N) is 3. The van der Waals surface area contributed by atoms with E-state index in [9.17, 15) is 9.59 Å². The number of pyridine rings is 2. The summed E-state index contributed by atoms with van der Waals surface area (Å²) in [6.07, 6.45) is 3.75. The first kappa shape index (κ1) is 25.7. The molecule has 0 spiro atoms. The van der Waals surface area contributed by atoms with Crippen LogP contribution < -0.4 is 15.2 Å². The molecular weight excluding hydrogens is 547 g/mol. The van der Waals surface area contributed by atoms with Crippen molar-refractivity contribution in [3.05, 3.63) is 93.5 Å². The van der Waals surface area contributed by atoms with Crippen LogP contribution >= 0.6 is 11.6 Å². The van der Waals surface area contributed by atoms with E-state index >= 15 is 0 Å². The third-order valence-electron chi connectivity index (χ3n) is 6.81. The molecule has 2 aromatic carbocycles. The van der Waals surface area contributed by atoms with Gasteiger partial charge in [-0.1, -0.05) is 0 Å². The number of aromatic nitrogens is 2. The molecule has 1 aliphatic heterocycles. The number of carbonyl (C=O) groups is 1. The Labute approximate surface area is 228 Å². The molecule has 0 aliphatic carbocycles. The van der Waals surface area contributed by atoms with Gasteiger partial charge >= 0.3 is 229 Å². The third-order valence-corrected chi connectivity index (χ3v) is 9.64. The van der Waals surface area contributed by atoms with Crippen molar-refractivity contribution >= 4 is 48.5 Å². The van der Waals surface area contributed by atoms with E-state index < -0.39 is 0 Å². The van der Waals surface area contributed by atoms with Gasteiger partial charge in [0.2, 0.25) is 0 Å². The Bertz CT molecular complexity index is 1510. The second kappa shape index (κ2) is 11.2. The maximum absolute atomic E-state index is 13.2. The molecule has 1 aliphatic rings. The number of aryl methyl sites for hydroxylation is 1. The van der Waals surface area contributed by atoms with Crippen LogP contribution in [0.4, 0.5) is 0 Å². The van der Waals surface area contributed by atoms with Crippen LogP contribution in [0.15, 0.2) is 71.7 Å². The van der Waals surface area contributed by atoms with E-state index in [0.717, 1.165) is 62.5 Å². The summed E-state index contributed by atoms with van der Waals surface area (Å²) in [5, 5.41) is 5.87. The summed E-state index contributed by atoms with van der Waals surface area (Å²) in [5.41, 5.74) is 4.39. The van der Waals surface area contributed by atoms with Crippen LogP contribution in [0.25, 0.3) is 22.0 Å². The van der Waals surface area contributed by atoms with Gasteiger partial charge in [-0.25, -0.2) is 0 Å². The minimum absolute atomic E-state index is 0.0429. The quantitative estimate of drug-likeness (QED) is 0.357. The molecule has 1 radical (unpaired) electrons. The number of benzene rings is 2. The van der Waals surface area contributed by atoms with Crippen molar-refractivity contribution in [1.29, 1.82) is 0 Å². The van der Waals surface area contributed by atoms with Crippen LogP contribution in [0.1, 0.15) is 28.9 Å². The van der Waals surface area contributed by atoms with Crippen molar-refractivity contribution in [3.63, 3.8) is 0 Å². The van der Waals surface area contributed by atoms with Gasteiger partial charge in [-0.2, -0.15) is 0 Å². The predicted molar refractivity (Wildman–Crippen MR) is 151 cm³/mol. The number of amides is 1. The minimum atomic E-state index is -0.292. The van der Waals surface area contributed by atoms with Crippen LogP contribution in [0.5, 0.6) is 0 Å². The number of halogens is 1. The van der Waals surface area contributed by atoms with E-state index in [0.29, 0.717) is 5.69 Å². The number of piperidine rings is 1. The van der Waals surface area contributed by atoms with Crippen molar-refractivity contribution in [3.8, 4) is 11.1 Å². The zero-order valence-electron chi connectivity index (χ0n) is 20.9. The van der Waals surface area contributed by atoms with Gasteiger partial charge in [0, 0.05) is 0 Å². The molecule has 0 unspecified atom stereocenters. The topological polar surface area (TPSA) is 67.2 Å². The summed E-state index contributed by atoms with van der Waals surface area (Å²) in [7, 11) is 3.87. The Morgan fingerprint density at radius 2 is 1.84 bits per heavy atom. The van der Waals surface area contributed by atoms with Crippen molar-refractivity contribution < 1.29 is 4.79 Å². The number of hydrogen-bond donors (Lipinski definition) is 1. The average molecular weight is 576 g/mol. The van der Waals surface area contributed by atoms with Crippen LogP contribution in [0, 0.1) is 0 Å². The molecule has 1 N–H and O–H groups in total. The second-order valence-electron chi connectivity index (χ2n) is 9.62. The van der Waals surface area contributed by atoms with Gasteiger partial charge in [-0.15, -0.1) is 0 Å². The second-order valence-corrected chi connectivity index (χ2v) is 12.4. The number of likely N-dealkylation sites (tertiary alicyclic amines) is 1. The van der Waals surface area contributed by atoms with Gasteiger partial charge in [0.15, 0.2) is 0 Å². The van der Waals surface area contributed by atoms with Crippen molar-refractivity contribution in [2.45, 2.75) is 24.1 Å². The predicted octanol–water partition coefficient (Wildman–Crippen LogP) is 3.61. The number of nitrogens with one attached hydrogen (secondary N) is 1. The van der Waals surface area contributed by atoms with Crippen molar-refractivity contribution in [2.75, 3.05) is 20.1 Å². The van der Waals surface area contributed by atoms with Gasteiger partial charge in [-0.05, 0) is 0 Å². The molecule has 6 nitrogen and oxygen atoms in total. The van der Waals surface area contributed by atoms with E-state index in [1.54, 1.807) is 17.7 Å². The molecule has 1 fully saturated rings. The normalized spacial score (nSPS) is 15.0. The third kappa shape index (κ3) is 6.15. The van der Waals surface area contributed by atoms with E-state index in [1.165, 1.54) is 5.56 Å². The molecule has 37 heavy (non-hydrogen) atoms. The van der Waals surface area contributed by atoms with E-state index in [1.807, 2.05) is 48.7 Å². The summed E-state index contributed by atoms with van der Waals surface area (Å²) < 4.78 is 2.74. The summed E-state index contributed by atoms with van der Waals surface area (Å²) in [6, 6.07) is 19.6. The van der Waals surface area contributed by atoms with Crippen LogP contribution in [-0.2, 0) is 12.3 Å². The fraction of sp³-hybridized carbons (Fsp3) is 0.276. The molecule has 1 saturated heterocycles. The standard InChI is InChI=1S/C29H29AsClN4O2/c1-34-12-10-23(11-13-34)32-29(37)27-16-25(30-17-19-4-3-5-22(31)14-19)24-15-20(6-8-26(24)33-27)21-7-9-28(36)35(2)18-21/h3-9,14-16,18,23H,10-13,17H2,1-2H3,(H,32,37). The number of hydrogen-bond acceptors (Lipinski definition) is 4. The molecule has 1 amide bonds. The molecule has 5 rings (SSSR count).